The minimum absolute atomic E-state index is 0.646. The predicted molar refractivity (Wildman–Crippen MR) is 121 cm³/mol. The van der Waals surface area contributed by atoms with Gasteiger partial charge in [0.2, 0.25) is 5.89 Å². The highest BCUT2D eigenvalue weighted by Gasteiger charge is 2.18. The fourth-order valence-electron chi connectivity index (χ4n) is 3.14. The summed E-state index contributed by atoms with van der Waals surface area (Å²) in [7, 11) is 0. The number of aryl methyl sites for hydroxylation is 1. The van der Waals surface area contributed by atoms with E-state index in [1.54, 1.807) is 23.1 Å². The van der Waals surface area contributed by atoms with Crippen molar-refractivity contribution in [3.8, 4) is 27.8 Å². The van der Waals surface area contributed by atoms with Crippen molar-refractivity contribution in [2.75, 3.05) is 0 Å². The molecule has 3 heterocycles. The van der Waals surface area contributed by atoms with Gasteiger partial charge in [-0.1, -0.05) is 54.2 Å². The quantitative estimate of drug-likeness (QED) is 0.298. The van der Waals surface area contributed by atoms with Crippen molar-refractivity contribution in [1.29, 1.82) is 0 Å². The Labute approximate surface area is 182 Å². The zero-order chi connectivity index (χ0) is 20.3. The van der Waals surface area contributed by atoms with Crippen LogP contribution in [0.15, 0.2) is 87.8 Å². The van der Waals surface area contributed by atoms with Gasteiger partial charge < -0.3 is 4.42 Å². The van der Waals surface area contributed by atoms with Crippen molar-refractivity contribution in [3.05, 3.63) is 89.6 Å². The molecule has 0 saturated heterocycles. The van der Waals surface area contributed by atoms with E-state index in [0.29, 0.717) is 11.6 Å². The number of benzene rings is 2. The number of hydrogen-bond acceptors (Lipinski definition) is 6. The first-order chi connectivity index (χ1) is 14.8. The third kappa shape index (κ3) is 3.69. The van der Waals surface area contributed by atoms with E-state index in [1.165, 1.54) is 0 Å². The Morgan fingerprint density at radius 3 is 2.43 bits per heavy atom. The molecule has 0 aliphatic rings. The van der Waals surface area contributed by atoms with Gasteiger partial charge in [-0.2, -0.15) is 0 Å². The maximum absolute atomic E-state index is 5.90. The first-order valence-corrected chi connectivity index (χ1v) is 11.4. The average Bonchev–Trinajstić information content (AvgIpc) is 3.53. The number of para-hydroxylation sites is 1. The van der Waals surface area contributed by atoms with E-state index in [1.807, 2.05) is 61.5 Å². The summed E-state index contributed by atoms with van der Waals surface area (Å²) in [5.41, 5.74) is 2.93. The van der Waals surface area contributed by atoms with E-state index in [4.69, 9.17) is 9.40 Å². The van der Waals surface area contributed by atoms with Crippen molar-refractivity contribution >= 4 is 23.1 Å². The molecule has 0 aliphatic carbocycles. The molecule has 7 heteroatoms. The fraction of sp³-hybridized carbons (Fsp3) is 0.0870. The van der Waals surface area contributed by atoms with Crippen molar-refractivity contribution < 1.29 is 4.42 Å². The van der Waals surface area contributed by atoms with Crippen LogP contribution in [-0.4, -0.2) is 19.7 Å². The van der Waals surface area contributed by atoms with Gasteiger partial charge in [-0.05, 0) is 42.6 Å². The molecule has 3 aromatic heterocycles. The maximum atomic E-state index is 5.90. The minimum atomic E-state index is 0.646. The SMILES string of the molecule is Cc1oc(-c2ccccc2)nc1CSc1nnc(-c2cccs2)n1-c1ccccc1. The van der Waals surface area contributed by atoms with Crippen LogP contribution in [0.4, 0.5) is 0 Å². The molecule has 0 amide bonds. The van der Waals surface area contributed by atoms with Crippen LogP contribution >= 0.6 is 23.1 Å². The van der Waals surface area contributed by atoms with Crippen LogP contribution in [0.5, 0.6) is 0 Å². The van der Waals surface area contributed by atoms with Gasteiger partial charge in [0.1, 0.15) is 5.76 Å². The molecule has 0 saturated carbocycles. The van der Waals surface area contributed by atoms with Crippen LogP contribution in [0.2, 0.25) is 0 Å². The lowest BCUT2D eigenvalue weighted by atomic mass is 10.2. The zero-order valence-electron chi connectivity index (χ0n) is 16.2. The van der Waals surface area contributed by atoms with Gasteiger partial charge in [0, 0.05) is 17.0 Å². The van der Waals surface area contributed by atoms with Gasteiger partial charge in [-0.25, -0.2) is 4.98 Å². The van der Waals surface area contributed by atoms with Crippen LogP contribution in [0.3, 0.4) is 0 Å². The molecule has 148 valence electrons. The largest absolute Gasteiger partial charge is 0.441 e. The lowest BCUT2D eigenvalue weighted by Gasteiger charge is -2.09. The summed E-state index contributed by atoms with van der Waals surface area (Å²) in [4.78, 5) is 5.80. The van der Waals surface area contributed by atoms with Crippen molar-refractivity contribution in [3.63, 3.8) is 0 Å². The Balaban J connectivity index is 1.46. The van der Waals surface area contributed by atoms with Crippen molar-refractivity contribution in [2.45, 2.75) is 17.8 Å². The van der Waals surface area contributed by atoms with Gasteiger partial charge in [0.05, 0.1) is 10.6 Å². The van der Waals surface area contributed by atoms with Crippen molar-refractivity contribution in [1.82, 2.24) is 19.7 Å². The fourth-order valence-corrected chi connectivity index (χ4v) is 4.79. The highest BCUT2D eigenvalue weighted by atomic mass is 32.2. The standard InChI is InChI=1S/C23H18N4OS2/c1-16-19(24-22(28-16)17-9-4-2-5-10-17)15-30-23-26-25-21(20-13-8-14-29-20)27(23)18-11-6-3-7-12-18/h2-14H,15H2,1H3. The van der Waals surface area contributed by atoms with E-state index in [0.717, 1.165) is 38.6 Å². The Kier molecular flexibility index (Phi) is 5.21. The molecule has 5 rings (SSSR count). The van der Waals surface area contributed by atoms with Gasteiger partial charge in [0.25, 0.3) is 0 Å². The molecule has 0 bridgehead atoms. The van der Waals surface area contributed by atoms with E-state index in [-0.39, 0.29) is 0 Å². The molecule has 5 aromatic rings. The number of aromatic nitrogens is 4. The molecule has 0 spiro atoms. The molecule has 0 atom stereocenters. The highest BCUT2D eigenvalue weighted by Crippen LogP contribution is 2.32. The van der Waals surface area contributed by atoms with E-state index in [2.05, 4.69) is 38.3 Å². The second kappa shape index (κ2) is 8.30. The summed E-state index contributed by atoms with van der Waals surface area (Å²) >= 11 is 3.26. The topological polar surface area (TPSA) is 56.7 Å². The summed E-state index contributed by atoms with van der Waals surface area (Å²) < 4.78 is 8.00. The number of thiophene rings is 1. The number of rotatable bonds is 6. The molecule has 0 unspecified atom stereocenters. The predicted octanol–water partition coefficient (Wildman–Crippen LogP) is 6.25. The molecule has 2 aromatic carbocycles. The number of thioether (sulfide) groups is 1. The first kappa shape index (κ1) is 18.8. The van der Waals surface area contributed by atoms with E-state index >= 15 is 0 Å². The molecule has 30 heavy (non-hydrogen) atoms. The van der Waals surface area contributed by atoms with Gasteiger partial charge in [-0.15, -0.1) is 21.5 Å². The monoisotopic (exact) mass is 430 g/mol. The summed E-state index contributed by atoms with van der Waals surface area (Å²) in [5, 5.41) is 11.8. The third-order valence-electron chi connectivity index (χ3n) is 4.64. The van der Waals surface area contributed by atoms with E-state index in [9.17, 15) is 0 Å². The smallest absolute Gasteiger partial charge is 0.226 e. The zero-order valence-corrected chi connectivity index (χ0v) is 17.9. The third-order valence-corrected chi connectivity index (χ3v) is 6.45. The second-order valence-corrected chi connectivity index (χ2v) is 8.52. The summed E-state index contributed by atoms with van der Waals surface area (Å²) in [6.07, 6.45) is 0. The van der Waals surface area contributed by atoms with E-state index < -0.39 is 0 Å². The lowest BCUT2D eigenvalue weighted by Crippen LogP contribution is -1.99. The Hall–Kier alpha value is -3.16. The Bertz CT molecular complexity index is 1250. The van der Waals surface area contributed by atoms with Crippen LogP contribution < -0.4 is 0 Å². The molecule has 0 radical (unpaired) electrons. The molecular weight excluding hydrogens is 412 g/mol. The van der Waals surface area contributed by atoms with Crippen LogP contribution in [0, 0.1) is 6.92 Å². The van der Waals surface area contributed by atoms with Crippen molar-refractivity contribution in [2.24, 2.45) is 0 Å². The second-order valence-electron chi connectivity index (χ2n) is 6.63. The highest BCUT2D eigenvalue weighted by molar-refractivity contribution is 7.98. The minimum Gasteiger partial charge on any atom is -0.441 e. The molecule has 0 fully saturated rings. The number of nitrogens with zero attached hydrogens (tertiary/aromatic N) is 4. The summed E-state index contributed by atoms with van der Waals surface area (Å²) in [6.45, 7) is 1.95. The summed E-state index contributed by atoms with van der Waals surface area (Å²) in [6, 6.07) is 24.2. The Morgan fingerprint density at radius 2 is 1.70 bits per heavy atom. The van der Waals surface area contributed by atoms with Gasteiger partial charge >= 0.3 is 0 Å². The van der Waals surface area contributed by atoms with Crippen LogP contribution in [0.25, 0.3) is 27.8 Å². The van der Waals surface area contributed by atoms with Gasteiger partial charge in [-0.3, -0.25) is 4.57 Å². The van der Waals surface area contributed by atoms with Gasteiger partial charge in [0.15, 0.2) is 11.0 Å². The number of hydrogen-bond donors (Lipinski definition) is 0. The summed E-state index contributed by atoms with van der Waals surface area (Å²) in [5.74, 6) is 2.97. The van der Waals surface area contributed by atoms with Crippen LogP contribution in [0.1, 0.15) is 11.5 Å². The maximum Gasteiger partial charge on any atom is 0.226 e. The first-order valence-electron chi connectivity index (χ1n) is 9.49. The Morgan fingerprint density at radius 1 is 0.933 bits per heavy atom. The van der Waals surface area contributed by atoms with Crippen LogP contribution in [-0.2, 0) is 5.75 Å². The number of oxazole rings is 1. The molecule has 0 aliphatic heterocycles. The normalized spacial score (nSPS) is 11.1. The molecule has 5 nitrogen and oxygen atoms in total. The molecular formula is C23H18N4OS2. The molecule has 0 N–H and O–H groups in total. The lowest BCUT2D eigenvalue weighted by molar-refractivity contribution is 0.540. The average molecular weight is 431 g/mol.